The topological polar surface area (TPSA) is 87.7 Å². The molecule has 4 rings (SSSR count). The van der Waals surface area contributed by atoms with Crippen molar-refractivity contribution in [3.63, 3.8) is 0 Å². The lowest BCUT2D eigenvalue weighted by molar-refractivity contribution is -0.133. The summed E-state index contributed by atoms with van der Waals surface area (Å²) in [7, 11) is 1.30. The molecular weight excluding hydrogens is 492 g/mol. The highest BCUT2D eigenvalue weighted by atomic mass is 19.1. The van der Waals surface area contributed by atoms with Crippen LogP contribution in [-0.2, 0) is 9.59 Å². The zero-order valence-corrected chi connectivity index (χ0v) is 21.4. The Morgan fingerprint density at radius 3 is 1.97 bits per heavy atom. The van der Waals surface area contributed by atoms with Crippen molar-refractivity contribution in [3.8, 4) is 5.75 Å². The summed E-state index contributed by atoms with van der Waals surface area (Å²) >= 11 is 0. The maximum atomic E-state index is 14.3. The number of aryl methyl sites for hydroxylation is 2. The van der Waals surface area contributed by atoms with Crippen LogP contribution in [-0.4, -0.2) is 42.8 Å². The number of piperidine rings is 1. The Labute approximate surface area is 219 Å². The summed E-state index contributed by atoms with van der Waals surface area (Å²) in [5.74, 6) is -3.96. The van der Waals surface area contributed by atoms with E-state index in [0.717, 1.165) is 28.8 Å². The van der Waals surface area contributed by atoms with E-state index in [-0.39, 0.29) is 11.7 Å². The van der Waals surface area contributed by atoms with Gasteiger partial charge in [0.1, 0.15) is 22.9 Å². The van der Waals surface area contributed by atoms with Crippen LogP contribution >= 0.6 is 0 Å². The summed E-state index contributed by atoms with van der Waals surface area (Å²) in [5, 5.41) is 5.27. The molecule has 1 fully saturated rings. The number of likely N-dealkylation sites (tertiary alicyclic amines) is 1. The van der Waals surface area contributed by atoms with Crippen molar-refractivity contribution in [1.29, 1.82) is 0 Å². The van der Waals surface area contributed by atoms with Gasteiger partial charge < -0.3 is 20.3 Å². The fraction of sp³-hybridized carbons (Fsp3) is 0.276. The highest BCUT2D eigenvalue weighted by Crippen LogP contribution is 2.31. The molecule has 38 heavy (non-hydrogen) atoms. The van der Waals surface area contributed by atoms with Crippen molar-refractivity contribution in [2.75, 3.05) is 30.8 Å². The second-order valence-electron chi connectivity index (χ2n) is 9.33. The molecule has 0 bridgehead atoms. The van der Waals surface area contributed by atoms with Crippen molar-refractivity contribution in [2.45, 2.75) is 32.6 Å². The van der Waals surface area contributed by atoms with E-state index >= 15 is 0 Å². The van der Waals surface area contributed by atoms with E-state index in [1.165, 1.54) is 12.0 Å². The lowest BCUT2D eigenvalue weighted by Crippen LogP contribution is -2.38. The molecule has 1 aliphatic rings. The number of ether oxygens (including phenoxy) is 1. The third kappa shape index (κ3) is 5.82. The minimum Gasteiger partial charge on any atom is -0.497 e. The van der Waals surface area contributed by atoms with Crippen molar-refractivity contribution in [3.05, 3.63) is 88.5 Å². The molecule has 1 heterocycles. The van der Waals surface area contributed by atoms with Gasteiger partial charge in [0.05, 0.1) is 7.11 Å². The van der Waals surface area contributed by atoms with E-state index < -0.39 is 34.9 Å². The van der Waals surface area contributed by atoms with Crippen molar-refractivity contribution >= 4 is 29.1 Å². The Morgan fingerprint density at radius 2 is 1.42 bits per heavy atom. The van der Waals surface area contributed by atoms with Gasteiger partial charge in [0.2, 0.25) is 0 Å². The number of rotatable bonds is 5. The summed E-state index contributed by atoms with van der Waals surface area (Å²) in [6.07, 6.45) is 1.24. The second-order valence-corrected chi connectivity index (χ2v) is 9.33. The molecular formula is C29H29F2N3O4. The first-order valence-electron chi connectivity index (χ1n) is 12.3. The monoisotopic (exact) mass is 521 g/mol. The van der Waals surface area contributed by atoms with Gasteiger partial charge in [0.25, 0.3) is 5.91 Å². The first-order chi connectivity index (χ1) is 18.2. The quantitative estimate of drug-likeness (QED) is 0.453. The third-order valence-electron chi connectivity index (χ3n) is 6.81. The first kappa shape index (κ1) is 26.8. The predicted molar refractivity (Wildman–Crippen MR) is 140 cm³/mol. The number of hydrogen-bond acceptors (Lipinski definition) is 4. The van der Waals surface area contributed by atoms with Crippen LogP contribution in [0.15, 0.2) is 54.6 Å². The van der Waals surface area contributed by atoms with Gasteiger partial charge >= 0.3 is 11.8 Å². The number of halogens is 2. The van der Waals surface area contributed by atoms with E-state index in [4.69, 9.17) is 4.74 Å². The van der Waals surface area contributed by atoms with E-state index in [0.29, 0.717) is 37.3 Å². The van der Waals surface area contributed by atoms with Gasteiger partial charge in [-0.2, -0.15) is 0 Å². The Bertz CT molecular complexity index is 1320. The van der Waals surface area contributed by atoms with Gasteiger partial charge in [0.15, 0.2) is 0 Å². The van der Waals surface area contributed by atoms with Crippen molar-refractivity contribution < 1.29 is 27.9 Å². The molecule has 0 aliphatic carbocycles. The van der Waals surface area contributed by atoms with Crippen LogP contribution in [0.4, 0.5) is 20.2 Å². The van der Waals surface area contributed by atoms with Gasteiger partial charge in [-0.25, -0.2) is 8.78 Å². The molecule has 198 valence electrons. The number of benzene rings is 3. The van der Waals surface area contributed by atoms with Gasteiger partial charge in [-0.3, -0.25) is 14.4 Å². The van der Waals surface area contributed by atoms with Crippen LogP contribution in [0, 0.1) is 25.5 Å². The summed E-state index contributed by atoms with van der Waals surface area (Å²) in [5.41, 5.74) is 3.26. The van der Waals surface area contributed by atoms with Crippen LogP contribution in [0.5, 0.6) is 5.75 Å². The Hall–Kier alpha value is -4.27. The number of hydrogen-bond donors (Lipinski definition) is 2. The van der Waals surface area contributed by atoms with Gasteiger partial charge in [-0.15, -0.1) is 0 Å². The zero-order valence-electron chi connectivity index (χ0n) is 21.4. The number of nitrogens with zero attached hydrogens (tertiary/aromatic N) is 1. The van der Waals surface area contributed by atoms with Crippen molar-refractivity contribution in [2.24, 2.45) is 0 Å². The molecule has 1 saturated heterocycles. The number of methoxy groups -OCH3 is 1. The predicted octanol–water partition coefficient (Wildman–Crippen LogP) is 5.19. The third-order valence-corrected chi connectivity index (χ3v) is 6.81. The van der Waals surface area contributed by atoms with Crippen LogP contribution in [0.25, 0.3) is 0 Å². The largest absolute Gasteiger partial charge is 0.497 e. The molecule has 1 aliphatic heterocycles. The highest BCUT2D eigenvalue weighted by Gasteiger charge is 2.28. The van der Waals surface area contributed by atoms with E-state index in [1.807, 2.05) is 44.2 Å². The Balaban J connectivity index is 1.33. The maximum absolute atomic E-state index is 14.3. The first-order valence-corrected chi connectivity index (χ1v) is 12.3. The van der Waals surface area contributed by atoms with Crippen LogP contribution in [0.1, 0.15) is 45.8 Å². The molecule has 0 saturated carbocycles. The lowest BCUT2D eigenvalue weighted by Gasteiger charge is -2.32. The minimum atomic E-state index is -0.950. The van der Waals surface area contributed by atoms with Crippen molar-refractivity contribution in [1.82, 2.24) is 4.90 Å². The molecule has 0 unspecified atom stereocenters. The molecule has 7 nitrogen and oxygen atoms in total. The average molecular weight is 522 g/mol. The number of para-hydroxylation sites is 1. The molecule has 3 aromatic carbocycles. The second kappa shape index (κ2) is 11.4. The number of carbonyl (C=O) groups is 3. The molecule has 3 amide bonds. The Kier molecular flexibility index (Phi) is 8.05. The standard InChI is InChI=1S/C29H29F2N3O4/c1-17-5-4-6-18(2)26(17)33-28(36)27(35)32-21-9-7-19(8-10-21)20-11-13-34(14-12-20)29(37)25-23(30)15-22(38-3)16-24(25)31/h4-10,15-16,20H,11-14H2,1-3H3,(H,32,35)(H,33,36). The fourth-order valence-corrected chi connectivity index (χ4v) is 4.65. The number of nitrogens with one attached hydrogen (secondary N) is 2. The molecule has 2 N–H and O–H groups in total. The van der Waals surface area contributed by atoms with Gasteiger partial charge in [-0.05, 0) is 61.4 Å². The molecule has 0 spiro atoms. The van der Waals surface area contributed by atoms with Crippen LogP contribution in [0.2, 0.25) is 0 Å². The normalized spacial score (nSPS) is 13.7. The number of carbonyl (C=O) groups excluding carboxylic acids is 3. The minimum absolute atomic E-state index is 0.0110. The Morgan fingerprint density at radius 1 is 0.868 bits per heavy atom. The molecule has 3 aromatic rings. The van der Waals surface area contributed by atoms with Gasteiger partial charge in [-0.1, -0.05) is 30.3 Å². The molecule has 0 radical (unpaired) electrons. The summed E-state index contributed by atoms with van der Waals surface area (Å²) in [6.45, 7) is 4.42. The summed E-state index contributed by atoms with van der Waals surface area (Å²) in [4.78, 5) is 39.0. The van der Waals surface area contributed by atoms with E-state index in [2.05, 4.69) is 10.6 Å². The smallest absolute Gasteiger partial charge is 0.314 e. The highest BCUT2D eigenvalue weighted by molar-refractivity contribution is 6.43. The summed E-state index contributed by atoms with van der Waals surface area (Å²) in [6, 6.07) is 14.8. The van der Waals surface area contributed by atoms with Crippen LogP contribution in [0.3, 0.4) is 0 Å². The average Bonchev–Trinajstić information content (AvgIpc) is 2.90. The van der Waals surface area contributed by atoms with Crippen LogP contribution < -0.4 is 15.4 Å². The van der Waals surface area contributed by atoms with E-state index in [9.17, 15) is 23.2 Å². The molecule has 0 aromatic heterocycles. The SMILES string of the molecule is COc1cc(F)c(C(=O)N2CCC(c3ccc(NC(=O)C(=O)Nc4c(C)cccc4C)cc3)CC2)c(F)c1. The molecule has 0 atom stereocenters. The van der Waals surface area contributed by atoms with E-state index in [1.54, 1.807) is 12.1 Å². The number of anilines is 2. The lowest BCUT2D eigenvalue weighted by atomic mass is 9.89. The maximum Gasteiger partial charge on any atom is 0.314 e. The number of amides is 3. The zero-order chi connectivity index (χ0) is 27.4. The summed E-state index contributed by atoms with van der Waals surface area (Å²) < 4.78 is 33.5. The fourth-order valence-electron chi connectivity index (χ4n) is 4.65. The van der Waals surface area contributed by atoms with Gasteiger partial charge in [0, 0.05) is 36.6 Å². The molecule has 9 heteroatoms.